The van der Waals surface area contributed by atoms with Gasteiger partial charge >= 0.3 is 0 Å². The molecule has 2 rings (SSSR count). The number of nitrogens with two attached hydrogens (primary N) is 1. The van der Waals surface area contributed by atoms with Gasteiger partial charge in [-0.05, 0) is 42.0 Å². The zero-order valence-electron chi connectivity index (χ0n) is 10.1. The van der Waals surface area contributed by atoms with E-state index >= 15 is 0 Å². The summed E-state index contributed by atoms with van der Waals surface area (Å²) in [5, 5.41) is 0. The lowest BCUT2D eigenvalue weighted by Crippen LogP contribution is -2.26. The number of hydrogen-bond donors (Lipinski definition) is 2. The van der Waals surface area contributed by atoms with Crippen molar-refractivity contribution in [2.75, 3.05) is 12.3 Å². The normalized spacial score (nSPS) is 22.4. The van der Waals surface area contributed by atoms with Gasteiger partial charge in [0.15, 0.2) is 0 Å². The average molecular weight is 254 g/mol. The van der Waals surface area contributed by atoms with Crippen molar-refractivity contribution in [3.8, 4) is 0 Å². The first-order valence-electron chi connectivity index (χ1n) is 5.66. The monoisotopic (exact) mass is 254 g/mol. The maximum absolute atomic E-state index is 11.9. The molecule has 4 nitrogen and oxygen atoms in total. The van der Waals surface area contributed by atoms with E-state index in [1.54, 1.807) is 12.1 Å². The smallest absolute Gasteiger partial charge is 0.240 e. The summed E-state index contributed by atoms with van der Waals surface area (Å²) in [6.07, 6.45) is 1.08. The van der Waals surface area contributed by atoms with Gasteiger partial charge in [0.2, 0.25) is 10.0 Å². The minimum Gasteiger partial charge on any atom is -0.399 e. The molecule has 1 aliphatic carbocycles. The van der Waals surface area contributed by atoms with Crippen molar-refractivity contribution in [2.45, 2.75) is 25.2 Å². The second kappa shape index (κ2) is 3.99. The maximum atomic E-state index is 11.9. The minimum atomic E-state index is -3.39. The van der Waals surface area contributed by atoms with E-state index < -0.39 is 10.0 Å². The van der Waals surface area contributed by atoms with Crippen LogP contribution in [0.1, 0.15) is 20.3 Å². The van der Waals surface area contributed by atoms with Crippen LogP contribution in [0.5, 0.6) is 0 Å². The van der Waals surface area contributed by atoms with Crippen molar-refractivity contribution in [1.82, 2.24) is 4.72 Å². The summed E-state index contributed by atoms with van der Waals surface area (Å²) in [6, 6.07) is 6.23. The lowest BCUT2D eigenvalue weighted by atomic mass is 10.1. The molecule has 1 aromatic carbocycles. The molecule has 1 fully saturated rings. The van der Waals surface area contributed by atoms with Crippen molar-refractivity contribution >= 4 is 15.7 Å². The van der Waals surface area contributed by atoms with E-state index in [0.29, 0.717) is 18.2 Å². The van der Waals surface area contributed by atoms with E-state index in [4.69, 9.17) is 5.73 Å². The highest BCUT2D eigenvalue weighted by atomic mass is 32.2. The van der Waals surface area contributed by atoms with Crippen LogP contribution < -0.4 is 10.5 Å². The lowest BCUT2D eigenvalue weighted by Gasteiger charge is -2.08. The molecule has 1 saturated carbocycles. The molecule has 0 spiro atoms. The molecular formula is C12H18N2O2S. The molecule has 0 aromatic heterocycles. The molecule has 94 valence electrons. The van der Waals surface area contributed by atoms with E-state index in [1.807, 2.05) is 0 Å². The molecule has 3 N–H and O–H groups in total. The predicted molar refractivity (Wildman–Crippen MR) is 67.9 cm³/mol. The molecule has 0 bridgehead atoms. The van der Waals surface area contributed by atoms with E-state index in [-0.39, 0.29) is 10.3 Å². The highest BCUT2D eigenvalue weighted by Crippen LogP contribution is 2.51. The SMILES string of the molecule is CC1(C)CC1CNS(=O)(=O)c1ccc(N)cc1. The first kappa shape index (κ1) is 12.4. The standard InChI is InChI=1S/C12H18N2O2S/c1-12(2)7-9(12)8-14-17(15,16)11-5-3-10(13)4-6-11/h3-6,9,14H,7-8,13H2,1-2H3. The summed E-state index contributed by atoms with van der Waals surface area (Å²) in [5.74, 6) is 0.450. The summed E-state index contributed by atoms with van der Waals surface area (Å²) in [5.41, 5.74) is 6.37. The Hall–Kier alpha value is -1.07. The van der Waals surface area contributed by atoms with Gasteiger partial charge in [-0.3, -0.25) is 0 Å². The van der Waals surface area contributed by atoms with Gasteiger partial charge in [-0.2, -0.15) is 0 Å². The molecule has 1 unspecified atom stereocenters. The Labute approximate surface area is 102 Å². The molecular weight excluding hydrogens is 236 g/mol. The zero-order chi connectivity index (χ0) is 12.7. The largest absolute Gasteiger partial charge is 0.399 e. The molecule has 0 aliphatic heterocycles. The van der Waals surface area contributed by atoms with Crippen LogP contribution in [-0.4, -0.2) is 15.0 Å². The minimum absolute atomic E-state index is 0.269. The van der Waals surface area contributed by atoms with Crippen molar-refractivity contribution < 1.29 is 8.42 Å². The summed E-state index contributed by atoms with van der Waals surface area (Å²) in [6.45, 7) is 4.81. The molecule has 0 saturated heterocycles. The number of benzene rings is 1. The Morgan fingerprint density at radius 2 is 1.88 bits per heavy atom. The molecule has 0 heterocycles. The van der Waals surface area contributed by atoms with Crippen LogP contribution in [0.2, 0.25) is 0 Å². The van der Waals surface area contributed by atoms with Crippen LogP contribution in [0.3, 0.4) is 0 Å². The van der Waals surface area contributed by atoms with Gasteiger partial charge in [0.05, 0.1) is 4.90 Å². The maximum Gasteiger partial charge on any atom is 0.240 e. The van der Waals surface area contributed by atoms with E-state index in [9.17, 15) is 8.42 Å². The third-order valence-electron chi connectivity index (χ3n) is 3.43. The Morgan fingerprint density at radius 3 is 2.35 bits per heavy atom. The Balaban J connectivity index is 2.02. The summed E-state index contributed by atoms with van der Waals surface area (Å²) >= 11 is 0. The molecule has 17 heavy (non-hydrogen) atoms. The second-order valence-corrected chi connectivity index (χ2v) is 7.08. The Morgan fingerprint density at radius 1 is 1.35 bits per heavy atom. The van der Waals surface area contributed by atoms with Gasteiger partial charge in [-0.25, -0.2) is 13.1 Å². The highest BCUT2D eigenvalue weighted by molar-refractivity contribution is 7.89. The van der Waals surface area contributed by atoms with Crippen LogP contribution in [-0.2, 0) is 10.0 Å². The zero-order valence-corrected chi connectivity index (χ0v) is 10.9. The van der Waals surface area contributed by atoms with E-state index in [0.717, 1.165) is 6.42 Å². The summed E-state index contributed by atoms with van der Waals surface area (Å²) in [4.78, 5) is 0.269. The van der Waals surface area contributed by atoms with Crippen LogP contribution in [0.4, 0.5) is 5.69 Å². The quantitative estimate of drug-likeness (QED) is 0.801. The van der Waals surface area contributed by atoms with Gasteiger partial charge in [-0.15, -0.1) is 0 Å². The average Bonchev–Trinajstić information content (AvgIpc) is 2.85. The Kier molecular flexibility index (Phi) is 2.91. The first-order valence-corrected chi connectivity index (χ1v) is 7.15. The van der Waals surface area contributed by atoms with Crippen LogP contribution in [0.25, 0.3) is 0 Å². The van der Waals surface area contributed by atoms with Crippen molar-refractivity contribution in [3.63, 3.8) is 0 Å². The number of nitrogen functional groups attached to an aromatic ring is 1. The summed E-state index contributed by atoms with van der Waals surface area (Å²) < 4.78 is 26.5. The van der Waals surface area contributed by atoms with Gasteiger partial charge in [0.1, 0.15) is 0 Å². The topological polar surface area (TPSA) is 72.2 Å². The number of sulfonamides is 1. The number of anilines is 1. The number of nitrogens with one attached hydrogen (secondary N) is 1. The van der Waals surface area contributed by atoms with Crippen LogP contribution in [0, 0.1) is 11.3 Å². The van der Waals surface area contributed by atoms with E-state index in [1.165, 1.54) is 12.1 Å². The second-order valence-electron chi connectivity index (χ2n) is 5.31. The van der Waals surface area contributed by atoms with Gasteiger partial charge < -0.3 is 5.73 Å². The van der Waals surface area contributed by atoms with E-state index in [2.05, 4.69) is 18.6 Å². The van der Waals surface area contributed by atoms with Gasteiger partial charge in [0, 0.05) is 12.2 Å². The van der Waals surface area contributed by atoms with Gasteiger partial charge in [0.25, 0.3) is 0 Å². The molecule has 1 aromatic rings. The summed E-state index contributed by atoms with van der Waals surface area (Å²) in [7, 11) is -3.39. The van der Waals surface area contributed by atoms with Crippen molar-refractivity contribution in [2.24, 2.45) is 11.3 Å². The number of rotatable bonds is 4. The van der Waals surface area contributed by atoms with Crippen LogP contribution in [0.15, 0.2) is 29.2 Å². The fourth-order valence-corrected chi connectivity index (χ4v) is 2.95. The van der Waals surface area contributed by atoms with Gasteiger partial charge in [-0.1, -0.05) is 13.8 Å². The molecule has 5 heteroatoms. The van der Waals surface area contributed by atoms with Crippen molar-refractivity contribution in [3.05, 3.63) is 24.3 Å². The highest BCUT2D eigenvalue weighted by Gasteiger charge is 2.45. The lowest BCUT2D eigenvalue weighted by molar-refractivity contribution is 0.537. The first-order chi connectivity index (χ1) is 7.81. The third-order valence-corrected chi connectivity index (χ3v) is 4.87. The predicted octanol–water partition coefficient (Wildman–Crippen LogP) is 1.59. The number of hydrogen-bond acceptors (Lipinski definition) is 3. The fourth-order valence-electron chi connectivity index (χ4n) is 1.87. The third kappa shape index (κ3) is 2.79. The molecule has 1 aliphatic rings. The molecule has 0 amide bonds. The molecule has 0 radical (unpaired) electrons. The molecule has 1 atom stereocenters. The van der Waals surface area contributed by atoms with Crippen LogP contribution >= 0.6 is 0 Å². The Bertz CT molecular complexity index is 506. The fraction of sp³-hybridized carbons (Fsp3) is 0.500. The van der Waals surface area contributed by atoms with Crippen molar-refractivity contribution in [1.29, 1.82) is 0 Å².